The molecule has 9 aromatic rings. The molecular formula is C80H84. The largest absolute Gasteiger partial charge is 0.0622 e. The van der Waals surface area contributed by atoms with Crippen molar-refractivity contribution < 1.29 is 0 Å². The molecule has 0 heteroatoms. The highest BCUT2D eigenvalue weighted by atomic mass is 14.5. The van der Waals surface area contributed by atoms with Crippen molar-refractivity contribution in [2.75, 3.05) is 0 Å². The maximum absolute atomic E-state index is 2.83. The highest BCUT2D eigenvalue weighted by Crippen LogP contribution is 2.55. The fourth-order valence-electron chi connectivity index (χ4n) is 15.6. The lowest BCUT2D eigenvalue weighted by Gasteiger charge is -2.45. The average Bonchev–Trinajstić information content (AvgIpc) is 3.70. The third-order valence-electron chi connectivity index (χ3n) is 19.3. The second kappa shape index (κ2) is 26.1. The van der Waals surface area contributed by atoms with Crippen LogP contribution in [0.4, 0.5) is 0 Å². The van der Waals surface area contributed by atoms with Crippen molar-refractivity contribution in [3.8, 4) is 0 Å². The van der Waals surface area contributed by atoms with Gasteiger partial charge in [0.15, 0.2) is 0 Å². The molecule has 3 aliphatic carbocycles. The van der Waals surface area contributed by atoms with E-state index in [4.69, 9.17) is 0 Å². The van der Waals surface area contributed by atoms with E-state index in [1.165, 1.54) is 152 Å². The molecule has 0 atom stereocenters. The van der Waals surface area contributed by atoms with Gasteiger partial charge in [-0.1, -0.05) is 282 Å². The minimum absolute atomic E-state index is 0.472. The Hall–Kier alpha value is -7.02. The van der Waals surface area contributed by atoms with Gasteiger partial charge in [-0.2, -0.15) is 0 Å². The lowest BCUT2D eigenvalue weighted by atomic mass is 9.58. The molecule has 9 aromatic carbocycles. The fraction of sp³-hybridized carbons (Fsp3) is 0.325. The molecular weight excluding hydrogens is 961 g/mol. The first-order valence-electron chi connectivity index (χ1n) is 31.3. The van der Waals surface area contributed by atoms with Crippen LogP contribution in [0.5, 0.6) is 0 Å². The van der Waals surface area contributed by atoms with Crippen LogP contribution >= 0.6 is 0 Å². The molecule has 0 N–H and O–H groups in total. The quantitative estimate of drug-likeness (QED) is 0.0757. The Morgan fingerprint density at radius 3 is 0.863 bits per heavy atom. The second-order valence-corrected chi connectivity index (χ2v) is 24.5. The Labute approximate surface area is 480 Å². The van der Waals surface area contributed by atoms with Crippen LogP contribution in [0.25, 0.3) is 0 Å². The van der Waals surface area contributed by atoms with Crippen LogP contribution in [0.2, 0.25) is 0 Å². The molecule has 3 saturated carbocycles. The molecule has 0 nitrogen and oxygen atoms in total. The molecule has 0 radical (unpaired) electrons. The lowest BCUT2D eigenvalue weighted by molar-refractivity contribution is 0.395. The minimum atomic E-state index is -0.472. The number of hydrogen-bond donors (Lipinski definition) is 0. The third-order valence-corrected chi connectivity index (χ3v) is 19.3. The van der Waals surface area contributed by atoms with E-state index >= 15 is 0 Å². The lowest BCUT2D eigenvalue weighted by Crippen LogP contribution is -2.39. The summed E-state index contributed by atoms with van der Waals surface area (Å²) in [7, 11) is 0. The summed E-state index contributed by atoms with van der Waals surface area (Å²) in [5.74, 6) is 1.78. The van der Waals surface area contributed by atoms with E-state index in [9.17, 15) is 0 Å². The van der Waals surface area contributed by atoms with Gasteiger partial charge in [-0.25, -0.2) is 0 Å². The van der Waals surface area contributed by atoms with Crippen molar-refractivity contribution in [1.82, 2.24) is 0 Å². The fourth-order valence-corrected chi connectivity index (χ4v) is 15.6. The first-order chi connectivity index (χ1) is 39.7. The molecule has 0 amide bonds. The normalized spacial score (nSPS) is 15.7. The smallest absolute Gasteiger partial charge is 0.0292 e. The van der Waals surface area contributed by atoms with Gasteiger partial charge in [0.05, 0.1) is 0 Å². The Kier molecular flexibility index (Phi) is 17.5. The number of rotatable bonds is 19. The molecule has 404 valence electrons. The van der Waals surface area contributed by atoms with Gasteiger partial charge < -0.3 is 0 Å². The zero-order valence-corrected chi connectivity index (χ0v) is 47.7. The second-order valence-electron chi connectivity index (χ2n) is 24.5. The van der Waals surface area contributed by atoms with E-state index in [1.807, 2.05) is 5.56 Å². The van der Waals surface area contributed by atoms with Crippen LogP contribution in [0.3, 0.4) is 0 Å². The van der Waals surface area contributed by atoms with E-state index in [1.54, 1.807) is 33.4 Å². The van der Waals surface area contributed by atoms with Gasteiger partial charge in [0.1, 0.15) is 0 Å². The topological polar surface area (TPSA) is 0 Å². The summed E-state index contributed by atoms with van der Waals surface area (Å²) in [6.07, 6.45) is 26.2. The predicted octanol–water partition coefficient (Wildman–Crippen LogP) is 20.6. The zero-order valence-electron chi connectivity index (χ0n) is 47.7. The van der Waals surface area contributed by atoms with E-state index in [-0.39, 0.29) is 0 Å². The summed E-state index contributed by atoms with van der Waals surface area (Å²) in [4.78, 5) is 0. The predicted molar refractivity (Wildman–Crippen MR) is 338 cm³/mol. The van der Waals surface area contributed by atoms with Crippen LogP contribution in [0, 0.1) is 0 Å². The van der Waals surface area contributed by atoms with Gasteiger partial charge >= 0.3 is 0 Å². The Morgan fingerprint density at radius 2 is 0.525 bits per heavy atom. The molecule has 3 fully saturated rings. The summed E-state index contributed by atoms with van der Waals surface area (Å²) in [5, 5.41) is 0. The number of benzene rings is 9. The molecule has 80 heavy (non-hydrogen) atoms. The van der Waals surface area contributed by atoms with Crippen LogP contribution in [0.1, 0.15) is 209 Å². The zero-order chi connectivity index (χ0) is 53.8. The van der Waals surface area contributed by atoms with Crippen molar-refractivity contribution in [2.24, 2.45) is 0 Å². The maximum atomic E-state index is 2.83. The van der Waals surface area contributed by atoms with Crippen molar-refractivity contribution in [1.29, 1.82) is 0 Å². The first-order valence-corrected chi connectivity index (χ1v) is 31.3. The monoisotopic (exact) mass is 1040 g/mol. The summed E-state index contributed by atoms with van der Waals surface area (Å²) < 4.78 is 0. The maximum Gasteiger partial charge on any atom is 0.0292 e. The molecule has 0 heterocycles. The van der Waals surface area contributed by atoms with Crippen LogP contribution < -0.4 is 0 Å². The standard InChI is InChI=1S/C80H84/c1-11-31-60(32-12-1)53-71-72(54-61-33-13-2-14-34-61)74(56-63-37-17-4-18-38-63)79(75(57-64-39-19-5-20-40-64)73(71)55-62-35-15-3-16-36-62)80(58-65-41-21-6-22-42-65,59-66-43-23-7-24-44-66)76-52-51-70(67-45-25-8-26-46-67)77(68-47-27-9-28-48-68)78(76)69-49-29-10-30-50-69/h1-7,11-24,31-44,51-52,67-69H,8-10,25-30,45-50,53-59H2. The van der Waals surface area contributed by atoms with Gasteiger partial charge in [-0.15, -0.1) is 0 Å². The average molecular weight is 1050 g/mol. The van der Waals surface area contributed by atoms with Crippen molar-refractivity contribution in [3.05, 3.63) is 319 Å². The minimum Gasteiger partial charge on any atom is -0.0622 e. The van der Waals surface area contributed by atoms with Crippen LogP contribution in [-0.2, 0) is 50.4 Å². The molecule has 0 saturated heterocycles. The van der Waals surface area contributed by atoms with Crippen molar-refractivity contribution >= 4 is 0 Å². The Morgan fingerprint density at radius 1 is 0.250 bits per heavy atom. The van der Waals surface area contributed by atoms with Crippen LogP contribution in [-0.4, -0.2) is 0 Å². The summed E-state index contributed by atoms with van der Waals surface area (Å²) in [5.41, 5.74) is 25.5. The van der Waals surface area contributed by atoms with E-state index in [0.717, 1.165) is 44.9 Å². The van der Waals surface area contributed by atoms with E-state index in [2.05, 4.69) is 224 Å². The van der Waals surface area contributed by atoms with Crippen LogP contribution in [0.15, 0.2) is 224 Å². The number of hydrogen-bond acceptors (Lipinski definition) is 0. The van der Waals surface area contributed by atoms with Gasteiger partial charge in [-0.05, 0) is 196 Å². The molecule has 0 aromatic heterocycles. The first kappa shape index (κ1) is 53.6. The molecule has 0 spiro atoms. The Balaban J connectivity index is 1.30. The van der Waals surface area contributed by atoms with E-state index in [0.29, 0.717) is 17.8 Å². The Bertz CT molecular complexity index is 3190. The molecule has 3 aliphatic rings. The van der Waals surface area contributed by atoms with Gasteiger partial charge in [0.25, 0.3) is 0 Å². The summed E-state index contributed by atoms with van der Waals surface area (Å²) in [6.45, 7) is 0. The SMILES string of the molecule is c1ccc(Cc2c(Cc3ccccc3)c(Cc3ccccc3)c(C(Cc3ccccc3)(Cc3ccccc3)c3ccc(C4CCCCC4)c(C4CCCCC4)c3C3CCCCC3)c(Cc3ccccc3)c2Cc2ccccc2)cc1. The van der Waals surface area contributed by atoms with E-state index < -0.39 is 5.41 Å². The molecule has 0 unspecified atom stereocenters. The van der Waals surface area contributed by atoms with Crippen molar-refractivity contribution in [2.45, 2.75) is 164 Å². The van der Waals surface area contributed by atoms with Gasteiger partial charge in [-0.3, -0.25) is 0 Å². The third kappa shape index (κ3) is 12.3. The van der Waals surface area contributed by atoms with Gasteiger partial charge in [0, 0.05) is 5.41 Å². The highest BCUT2D eigenvalue weighted by Gasteiger charge is 2.45. The van der Waals surface area contributed by atoms with Crippen molar-refractivity contribution in [3.63, 3.8) is 0 Å². The summed E-state index contributed by atoms with van der Waals surface area (Å²) in [6, 6.07) is 87.1. The highest BCUT2D eigenvalue weighted by molar-refractivity contribution is 5.66. The molecule has 0 bridgehead atoms. The van der Waals surface area contributed by atoms with Gasteiger partial charge in [0.2, 0.25) is 0 Å². The molecule has 12 rings (SSSR count). The molecule has 0 aliphatic heterocycles. The summed E-state index contributed by atoms with van der Waals surface area (Å²) >= 11 is 0.